The Labute approximate surface area is 140 Å². The summed E-state index contributed by atoms with van der Waals surface area (Å²) in [7, 11) is 3.28. The van der Waals surface area contributed by atoms with Crippen LogP contribution in [0.3, 0.4) is 0 Å². The maximum atomic E-state index is 12.4. The van der Waals surface area contributed by atoms with E-state index in [9.17, 15) is 9.59 Å². The number of thiophene rings is 1. The molecule has 2 aromatic rings. The van der Waals surface area contributed by atoms with Gasteiger partial charge < -0.3 is 15.5 Å². The van der Waals surface area contributed by atoms with Crippen LogP contribution >= 0.6 is 11.3 Å². The van der Waals surface area contributed by atoms with Gasteiger partial charge in [0.1, 0.15) is 0 Å². The molecule has 0 aliphatic rings. The Morgan fingerprint density at radius 3 is 2.61 bits per heavy atom. The van der Waals surface area contributed by atoms with Crippen molar-refractivity contribution in [3.63, 3.8) is 0 Å². The van der Waals surface area contributed by atoms with Crippen LogP contribution in [0.5, 0.6) is 0 Å². The number of nitrogens with zero attached hydrogens (tertiary/aromatic N) is 1. The zero-order valence-electron chi connectivity index (χ0n) is 13.5. The first-order valence-electron chi connectivity index (χ1n) is 7.39. The van der Waals surface area contributed by atoms with Crippen molar-refractivity contribution in [2.75, 3.05) is 26.0 Å². The first-order chi connectivity index (χ1) is 11.0. The largest absolute Gasteiger partial charge is 0.359 e. The van der Waals surface area contributed by atoms with Gasteiger partial charge in [0.15, 0.2) is 0 Å². The van der Waals surface area contributed by atoms with E-state index in [0.717, 1.165) is 16.1 Å². The molecule has 0 aliphatic heterocycles. The molecule has 0 radical (unpaired) electrons. The first kappa shape index (κ1) is 17.0. The zero-order chi connectivity index (χ0) is 16.8. The van der Waals surface area contributed by atoms with Crippen LogP contribution in [0.2, 0.25) is 0 Å². The molecule has 6 heteroatoms. The number of nitrogens with one attached hydrogen (secondary N) is 2. The number of carbonyl (C=O) groups is 2. The third-order valence-electron chi connectivity index (χ3n) is 3.54. The van der Waals surface area contributed by atoms with Crippen molar-refractivity contribution >= 4 is 29.0 Å². The molecule has 1 aromatic carbocycles. The average molecular weight is 331 g/mol. The van der Waals surface area contributed by atoms with Crippen molar-refractivity contribution in [1.29, 1.82) is 0 Å². The van der Waals surface area contributed by atoms with E-state index in [0.29, 0.717) is 6.54 Å². The number of amides is 3. The highest BCUT2D eigenvalue weighted by atomic mass is 32.1. The minimum absolute atomic E-state index is 0.0800. The molecule has 1 heterocycles. The van der Waals surface area contributed by atoms with E-state index in [-0.39, 0.29) is 17.9 Å². The third-order valence-corrected chi connectivity index (χ3v) is 4.45. The number of rotatable bonds is 5. The van der Waals surface area contributed by atoms with Gasteiger partial charge in [-0.15, -0.1) is 11.3 Å². The van der Waals surface area contributed by atoms with Crippen LogP contribution in [0.25, 0.3) is 10.4 Å². The second kappa shape index (κ2) is 7.78. The van der Waals surface area contributed by atoms with Crippen LogP contribution in [0.15, 0.2) is 41.8 Å². The highest BCUT2D eigenvalue weighted by Gasteiger charge is 2.18. The van der Waals surface area contributed by atoms with Crippen molar-refractivity contribution in [3.05, 3.63) is 41.8 Å². The van der Waals surface area contributed by atoms with E-state index in [1.807, 2.05) is 41.8 Å². The number of carbonyl (C=O) groups excluding carboxylic acids is 2. The summed E-state index contributed by atoms with van der Waals surface area (Å²) in [6.07, 6.45) is 0. The molecule has 0 bridgehead atoms. The zero-order valence-corrected chi connectivity index (χ0v) is 14.3. The summed E-state index contributed by atoms with van der Waals surface area (Å²) >= 11 is 1.63. The van der Waals surface area contributed by atoms with Crippen molar-refractivity contribution in [2.45, 2.75) is 6.92 Å². The summed E-state index contributed by atoms with van der Waals surface area (Å²) in [4.78, 5) is 26.6. The molecular formula is C17H21N3O2S. The number of benzene rings is 1. The number of hydrogen-bond donors (Lipinski definition) is 2. The van der Waals surface area contributed by atoms with Gasteiger partial charge >= 0.3 is 6.03 Å². The lowest BCUT2D eigenvalue weighted by Gasteiger charge is -2.22. The molecule has 1 atom stereocenters. The van der Waals surface area contributed by atoms with Crippen LogP contribution in [0, 0.1) is 5.92 Å². The molecule has 23 heavy (non-hydrogen) atoms. The summed E-state index contributed by atoms with van der Waals surface area (Å²) in [6.45, 7) is 2.15. The van der Waals surface area contributed by atoms with Gasteiger partial charge in [0.05, 0.1) is 11.6 Å². The SMILES string of the molecule is CNC(=O)[C@H](C)CN(C)C(=O)Nc1ccccc1-c1cccs1. The molecule has 3 amide bonds. The third kappa shape index (κ3) is 4.32. The fourth-order valence-electron chi connectivity index (χ4n) is 2.27. The van der Waals surface area contributed by atoms with Gasteiger partial charge in [0.25, 0.3) is 0 Å². The van der Waals surface area contributed by atoms with Crippen molar-refractivity contribution in [3.8, 4) is 10.4 Å². The van der Waals surface area contributed by atoms with Crippen molar-refractivity contribution in [1.82, 2.24) is 10.2 Å². The van der Waals surface area contributed by atoms with Gasteiger partial charge in [-0.1, -0.05) is 31.2 Å². The minimum Gasteiger partial charge on any atom is -0.359 e. The molecule has 2 N–H and O–H groups in total. The fourth-order valence-corrected chi connectivity index (χ4v) is 3.04. The highest BCUT2D eigenvalue weighted by Crippen LogP contribution is 2.31. The lowest BCUT2D eigenvalue weighted by molar-refractivity contribution is -0.124. The maximum Gasteiger partial charge on any atom is 0.321 e. The first-order valence-corrected chi connectivity index (χ1v) is 8.27. The highest BCUT2D eigenvalue weighted by molar-refractivity contribution is 7.13. The van der Waals surface area contributed by atoms with Crippen molar-refractivity contribution < 1.29 is 9.59 Å². The lowest BCUT2D eigenvalue weighted by atomic mass is 10.1. The molecule has 0 spiro atoms. The van der Waals surface area contributed by atoms with Crippen LogP contribution in [-0.4, -0.2) is 37.5 Å². The van der Waals surface area contributed by atoms with E-state index < -0.39 is 0 Å². The topological polar surface area (TPSA) is 61.4 Å². The molecule has 2 rings (SSSR count). The molecule has 0 saturated heterocycles. The van der Waals surface area contributed by atoms with E-state index >= 15 is 0 Å². The van der Waals surface area contributed by atoms with Gasteiger partial charge in [0, 0.05) is 31.1 Å². The Morgan fingerprint density at radius 1 is 1.22 bits per heavy atom. The monoisotopic (exact) mass is 331 g/mol. The number of hydrogen-bond acceptors (Lipinski definition) is 3. The second-order valence-electron chi connectivity index (χ2n) is 5.35. The van der Waals surface area contributed by atoms with Crippen LogP contribution in [0.4, 0.5) is 10.5 Å². The Bertz CT molecular complexity index is 670. The predicted octanol–water partition coefficient (Wildman–Crippen LogP) is 3.26. The lowest BCUT2D eigenvalue weighted by Crippen LogP contribution is -2.39. The van der Waals surface area contributed by atoms with Crippen LogP contribution in [-0.2, 0) is 4.79 Å². The summed E-state index contributed by atoms with van der Waals surface area (Å²) in [5, 5.41) is 7.52. The summed E-state index contributed by atoms with van der Waals surface area (Å²) in [6, 6.07) is 11.5. The quantitative estimate of drug-likeness (QED) is 0.883. The molecular weight excluding hydrogens is 310 g/mol. The molecule has 122 valence electrons. The molecule has 0 fully saturated rings. The Hall–Kier alpha value is -2.34. The second-order valence-corrected chi connectivity index (χ2v) is 6.30. The van der Waals surface area contributed by atoms with Gasteiger partial charge in [-0.3, -0.25) is 4.79 Å². The van der Waals surface area contributed by atoms with E-state index in [4.69, 9.17) is 0 Å². The summed E-state index contributed by atoms with van der Waals surface area (Å²) in [5.41, 5.74) is 1.75. The molecule has 5 nitrogen and oxygen atoms in total. The standard InChI is InChI=1S/C17H21N3O2S/c1-12(16(21)18-2)11-20(3)17(22)19-14-8-5-4-7-13(14)15-9-6-10-23-15/h4-10,12H,11H2,1-3H3,(H,18,21)(H,19,22)/t12-/m1/s1. The molecule has 0 aliphatic carbocycles. The van der Waals surface area contributed by atoms with Gasteiger partial charge in [-0.05, 0) is 17.5 Å². The Balaban J connectivity index is 2.07. The van der Waals surface area contributed by atoms with Gasteiger partial charge in [0.2, 0.25) is 5.91 Å². The summed E-state index contributed by atoms with van der Waals surface area (Å²) in [5.74, 6) is -0.341. The molecule has 1 aromatic heterocycles. The normalized spacial score (nSPS) is 11.6. The Kier molecular flexibility index (Phi) is 5.76. The van der Waals surface area contributed by atoms with Crippen molar-refractivity contribution in [2.24, 2.45) is 5.92 Å². The van der Waals surface area contributed by atoms with E-state index in [2.05, 4.69) is 10.6 Å². The summed E-state index contributed by atoms with van der Waals surface area (Å²) < 4.78 is 0. The van der Waals surface area contributed by atoms with E-state index in [1.165, 1.54) is 4.90 Å². The number of anilines is 1. The minimum atomic E-state index is -0.261. The average Bonchev–Trinajstić information content (AvgIpc) is 3.08. The maximum absolute atomic E-state index is 12.4. The van der Waals surface area contributed by atoms with Crippen LogP contribution in [0.1, 0.15) is 6.92 Å². The fraction of sp³-hybridized carbons (Fsp3) is 0.294. The Morgan fingerprint density at radius 2 is 1.96 bits per heavy atom. The van der Waals surface area contributed by atoms with E-state index in [1.54, 1.807) is 32.4 Å². The molecule has 0 unspecified atom stereocenters. The number of urea groups is 1. The predicted molar refractivity (Wildman–Crippen MR) is 94.6 cm³/mol. The van der Waals surface area contributed by atoms with Crippen LogP contribution < -0.4 is 10.6 Å². The molecule has 0 saturated carbocycles. The van der Waals surface area contributed by atoms with Gasteiger partial charge in [-0.25, -0.2) is 4.79 Å². The van der Waals surface area contributed by atoms with Gasteiger partial charge in [-0.2, -0.15) is 0 Å². The smallest absolute Gasteiger partial charge is 0.321 e. The number of para-hydroxylation sites is 1.